The van der Waals surface area contributed by atoms with Crippen LogP contribution in [0.2, 0.25) is 0 Å². The maximum Gasteiger partial charge on any atom is 0.0950 e. The Bertz CT molecular complexity index is 326. The van der Waals surface area contributed by atoms with E-state index in [2.05, 4.69) is 30.7 Å². The van der Waals surface area contributed by atoms with Crippen molar-refractivity contribution in [2.24, 2.45) is 5.73 Å². The Morgan fingerprint density at radius 3 is 2.53 bits per heavy atom. The molecular weight excluding hydrogens is 214 g/mol. The van der Waals surface area contributed by atoms with Crippen LogP contribution in [0.4, 0.5) is 0 Å². The number of nitrogens with zero attached hydrogens (tertiary/aromatic N) is 2. The monoisotopic (exact) mass is 237 g/mol. The summed E-state index contributed by atoms with van der Waals surface area (Å²) in [7, 11) is 2.20. The van der Waals surface area contributed by atoms with Crippen LogP contribution in [-0.2, 0) is 0 Å². The molecule has 0 amide bonds. The molecule has 0 aromatic carbocycles. The standard InChI is InChI=1S/C13H23N3O/c1-10-7-16(8-11(2)15(10)3)13(6-14)12-4-5-17-9-12/h4-5,9-11,13H,6-8,14H2,1-3H3. The Morgan fingerprint density at radius 2 is 2.06 bits per heavy atom. The lowest BCUT2D eigenvalue weighted by atomic mass is 10.0. The molecule has 1 aliphatic heterocycles. The molecule has 1 saturated heterocycles. The molecule has 4 heteroatoms. The van der Waals surface area contributed by atoms with Crippen LogP contribution in [0.1, 0.15) is 25.5 Å². The van der Waals surface area contributed by atoms with E-state index in [4.69, 9.17) is 10.2 Å². The zero-order valence-corrected chi connectivity index (χ0v) is 11.0. The van der Waals surface area contributed by atoms with Gasteiger partial charge in [-0.1, -0.05) is 0 Å². The van der Waals surface area contributed by atoms with Gasteiger partial charge in [0.15, 0.2) is 0 Å². The predicted molar refractivity (Wildman–Crippen MR) is 68.8 cm³/mol. The van der Waals surface area contributed by atoms with Crippen molar-refractivity contribution in [1.82, 2.24) is 9.80 Å². The van der Waals surface area contributed by atoms with E-state index >= 15 is 0 Å². The summed E-state index contributed by atoms with van der Waals surface area (Å²) >= 11 is 0. The van der Waals surface area contributed by atoms with Gasteiger partial charge in [-0.25, -0.2) is 0 Å². The van der Waals surface area contributed by atoms with Crippen molar-refractivity contribution in [3.8, 4) is 0 Å². The molecule has 2 N–H and O–H groups in total. The van der Waals surface area contributed by atoms with Gasteiger partial charge in [0, 0.05) is 37.3 Å². The van der Waals surface area contributed by atoms with Crippen LogP contribution >= 0.6 is 0 Å². The Morgan fingerprint density at radius 1 is 1.41 bits per heavy atom. The Balaban J connectivity index is 2.11. The minimum absolute atomic E-state index is 0.285. The summed E-state index contributed by atoms with van der Waals surface area (Å²) in [4.78, 5) is 4.90. The molecule has 4 nitrogen and oxygen atoms in total. The molecule has 1 aromatic heterocycles. The molecule has 3 unspecified atom stereocenters. The topological polar surface area (TPSA) is 45.6 Å². The molecule has 1 fully saturated rings. The lowest BCUT2D eigenvalue weighted by Crippen LogP contribution is -2.56. The number of hydrogen-bond donors (Lipinski definition) is 1. The second kappa shape index (κ2) is 5.21. The summed E-state index contributed by atoms with van der Waals surface area (Å²) < 4.78 is 5.17. The van der Waals surface area contributed by atoms with Crippen molar-refractivity contribution in [2.75, 3.05) is 26.7 Å². The van der Waals surface area contributed by atoms with Gasteiger partial charge in [-0.3, -0.25) is 9.80 Å². The average molecular weight is 237 g/mol. The Kier molecular flexibility index (Phi) is 3.86. The first kappa shape index (κ1) is 12.6. The highest BCUT2D eigenvalue weighted by Gasteiger charge is 2.31. The van der Waals surface area contributed by atoms with Gasteiger partial charge in [-0.15, -0.1) is 0 Å². The lowest BCUT2D eigenvalue weighted by Gasteiger charge is -2.45. The fourth-order valence-electron chi connectivity index (χ4n) is 2.66. The first-order valence-corrected chi connectivity index (χ1v) is 6.31. The second-order valence-electron chi connectivity index (χ2n) is 5.13. The average Bonchev–Trinajstić information content (AvgIpc) is 2.80. The van der Waals surface area contributed by atoms with E-state index in [1.807, 2.05) is 12.3 Å². The fourth-order valence-corrected chi connectivity index (χ4v) is 2.66. The maximum atomic E-state index is 5.92. The number of rotatable bonds is 3. The van der Waals surface area contributed by atoms with E-state index in [1.54, 1.807) is 6.26 Å². The maximum absolute atomic E-state index is 5.92. The van der Waals surface area contributed by atoms with Gasteiger partial charge in [0.05, 0.1) is 18.6 Å². The van der Waals surface area contributed by atoms with E-state index in [-0.39, 0.29) is 6.04 Å². The zero-order valence-electron chi connectivity index (χ0n) is 11.0. The van der Waals surface area contributed by atoms with Crippen molar-refractivity contribution in [2.45, 2.75) is 32.0 Å². The van der Waals surface area contributed by atoms with E-state index in [0.29, 0.717) is 18.6 Å². The minimum Gasteiger partial charge on any atom is -0.472 e. The third-order valence-corrected chi connectivity index (χ3v) is 3.98. The molecule has 0 aliphatic carbocycles. The summed E-state index contributed by atoms with van der Waals surface area (Å²) in [5, 5.41) is 0. The summed E-state index contributed by atoms with van der Waals surface area (Å²) in [6.45, 7) is 7.31. The van der Waals surface area contributed by atoms with E-state index in [0.717, 1.165) is 13.1 Å². The molecule has 0 saturated carbocycles. The van der Waals surface area contributed by atoms with Crippen LogP contribution in [0, 0.1) is 0 Å². The number of nitrogens with two attached hydrogens (primary N) is 1. The minimum atomic E-state index is 0.285. The summed E-state index contributed by atoms with van der Waals surface area (Å²) in [6, 6.07) is 3.44. The number of furan rings is 1. The van der Waals surface area contributed by atoms with Gasteiger partial charge < -0.3 is 10.2 Å². The highest BCUT2D eigenvalue weighted by atomic mass is 16.3. The first-order valence-electron chi connectivity index (χ1n) is 6.31. The molecule has 17 heavy (non-hydrogen) atoms. The molecule has 2 rings (SSSR count). The largest absolute Gasteiger partial charge is 0.472 e. The molecule has 1 aromatic rings. The predicted octanol–water partition coefficient (Wildman–Crippen LogP) is 1.30. The number of piperazine rings is 1. The molecular formula is C13H23N3O. The van der Waals surface area contributed by atoms with Crippen LogP contribution < -0.4 is 5.73 Å². The van der Waals surface area contributed by atoms with E-state index < -0.39 is 0 Å². The Hall–Kier alpha value is -0.840. The molecule has 1 aliphatic rings. The third-order valence-electron chi connectivity index (χ3n) is 3.98. The van der Waals surface area contributed by atoms with Gasteiger partial charge in [0.2, 0.25) is 0 Å². The van der Waals surface area contributed by atoms with Gasteiger partial charge in [0.1, 0.15) is 0 Å². The lowest BCUT2D eigenvalue weighted by molar-refractivity contribution is 0.0350. The molecule has 96 valence electrons. The third kappa shape index (κ3) is 2.54. The van der Waals surface area contributed by atoms with Crippen LogP contribution in [0.25, 0.3) is 0 Å². The van der Waals surface area contributed by atoms with E-state index in [1.165, 1.54) is 5.56 Å². The highest BCUT2D eigenvalue weighted by Crippen LogP contribution is 2.25. The smallest absolute Gasteiger partial charge is 0.0950 e. The van der Waals surface area contributed by atoms with Gasteiger partial charge in [0.25, 0.3) is 0 Å². The van der Waals surface area contributed by atoms with Crippen LogP contribution in [0.3, 0.4) is 0 Å². The summed E-state index contributed by atoms with van der Waals surface area (Å²) in [5.41, 5.74) is 7.11. The number of hydrogen-bond acceptors (Lipinski definition) is 4. The summed E-state index contributed by atoms with van der Waals surface area (Å²) in [6.07, 6.45) is 3.53. The Labute approximate surface area is 103 Å². The molecule has 0 bridgehead atoms. The molecule has 0 spiro atoms. The SMILES string of the molecule is CC1CN(C(CN)c2ccoc2)CC(C)N1C. The van der Waals surface area contributed by atoms with Crippen LogP contribution in [0.5, 0.6) is 0 Å². The van der Waals surface area contributed by atoms with Gasteiger partial charge in [-0.05, 0) is 27.0 Å². The van der Waals surface area contributed by atoms with Crippen molar-refractivity contribution in [3.63, 3.8) is 0 Å². The van der Waals surface area contributed by atoms with Crippen molar-refractivity contribution < 1.29 is 4.42 Å². The van der Waals surface area contributed by atoms with Crippen molar-refractivity contribution in [1.29, 1.82) is 0 Å². The van der Waals surface area contributed by atoms with E-state index in [9.17, 15) is 0 Å². The number of likely N-dealkylation sites (N-methyl/N-ethyl adjacent to an activating group) is 1. The fraction of sp³-hybridized carbons (Fsp3) is 0.692. The molecule has 3 atom stereocenters. The molecule has 2 heterocycles. The summed E-state index contributed by atoms with van der Waals surface area (Å²) in [5.74, 6) is 0. The van der Waals surface area contributed by atoms with Gasteiger partial charge in [-0.2, -0.15) is 0 Å². The first-order chi connectivity index (χ1) is 8.13. The molecule has 0 radical (unpaired) electrons. The quantitative estimate of drug-likeness (QED) is 0.861. The highest BCUT2D eigenvalue weighted by molar-refractivity contribution is 5.13. The normalized spacial score (nSPS) is 29.4. The second-order valence-corrected chi connectivity index (χ2v) is 5.13. The van der Waals surface area contributed by atoms with Crippen molar-refractivity contribution >= 4 is 0 Å². The van der Waals surface area contributed by atoms with Crippen molar-refractivity contribution in [3.05, 3.63) is 24.2 Å². The van der Waals surface area contributed by atoms with Gasteiger partial charge >= 0.3 is 0 Å². The van der Waals surface area contributed by atoms with Crippen LogP contribution in [0.15, 0.2) is 23.0 Å². The zero-order chi connectivity index (χ0) is 12.4. The van der Waals surface area contributed by atoms with Crippen LogP contribution in [-0.4, -0.2) is 48.6 Å².